The van der Waals surface area contributed by atoms with Crippen molar-refractivity contribution in [3.05, 3.63) is 66.4 Å². The minimum atomic E-state index is -0.200. The number of H-pyrrole nitrogens is 1. The van der Waals surface area contributed by atoms with Crippen LogP contribution in [-0.2, 0) is 4.79 Å². The number of para-hydroxylation sites is 3. The van der Waals surface area contributed by atoms with Crippen LogP contribution < -0.4 is 10.1 Å². The predicted molar refractivity (Wildman–Crippen MR) is 109 cm³/mol. The van der Waals surface area contributed by atoms with Crippen LogP contribution in [0.15, 0.2) is 65.8 Å². The zero-order valence-electron chi connectivity index (χ0n) is 15.2. The van der Waals surface area contributed by atoms with Gasteiger partial charge in [0.25, 0.3) is 5.91 Å². The number of fused-ring (bicyclic) bond motifs is 1. The Kier molecular flexibility index (Phi) is 4.75. The smallest absolute Gasteiger partial charge is 0.270 e. The summed E-state index contributed by atoms with van der Waals surface area (Å²) < 4.78 is 5.71. The van der Waals surface area contributed by atoms with E-state index in [1.807, 2.05) is 61.7 Å². The monoisotopic (exact) mass is 359 g/mol. The van der Waals surface area contributed by atoms with E-state index in [0.29, 0.717) is 30.2 Å². The van der Waals surface area contributed by atoms with Crippen molar-refractivity contribution in [3.63, 3.8) is 0 Å². The number of amides is 1. The predicted octanol–water partition coefficient (Wildman–Crippen LogP) is 4.78. The molecule has 0 atom stereocenters. The molecule has 0 fully saturated rings. The second-order valence-electron chi connectivity index (χ2n) is 6.40. The summed E-state index contributed by atoms with van der Waals surface area (Å²) in [4.78, 5) is 20.5. The highest BCUT2D eigenvalue weighted by Gasteiger charge is 2.20. The van der Waals surface area contributed by atoms with Gasteiger partial charge in [0, 0.05) is 29.1 Å². The van der Waals surface area contributed by atoms with Gasteiger partial charge in [0.2, 0.25) is 0 Å². The molecule has 1 aromatic heterocycles. The van der Waals surface area contributed by atoms with E-state index in [-0.39, 0.29) is 5.91 Å². The van der Waals surface area contributed by atoms with Crippen LogP contribution in [0.25, 0.3) is 16.6 Å². The largest absolute Gasteiger partial charge is 0.491 e. The molecule has 4 rings (SSSR count). The molecule has 0 radical (unpaired) electrons. The number of anilines is 1. The Morgan fingerprint density at radius 3 is 2.89 bits per heavy atom. The fourth-order valence-electron chi connectivity index (χ4n) is 3.13. The van der Waals surface area contributed by atoms with Crippen LogP contribution in [0.1, 0.15) is 25.3 Å². The van der Waals surface area contributed by atoms with Crippen LogP contribution in [0.2, 0.25) is 0 Å². The molecule has 0 saturated heterocycles. The Morgan fingerprint density at radius 2 is 2.00 bits per heavy atom. The lowest BCUT2D eigenvalue weighted by Gasteiger charge is -2.11. The summed E-state index contributed by atoms with van der Waals surface area (Å²) in [5, 5.41) is 4.03. The first-order valence-corrected chi connectivity index (χ1v) is 9.13. The number of ether oxygens (including phenoxy) is 1. The van der Waals surface area contributed by atoms with Gasteiger partial charge in [-0.25, -0.2) is 4.99 Å². The van der Waals surface area contributed by atoms with Crippen molar-refractivity contribution in [3.8, 4) is 5.75 Å². The Balaban J connectivity index is 1.52. The first-order valence-electron chi connectivity index (χ1n) is 9.13. The van der Waals surface area contributed by atoms with Crippen LogP contribution >= 0.6 is 0 Å². The zero-order chi connectivity index (χ0) is 18.6. The summed E-state index contributed by atoms with van der Waals surface area (Å²) in [6.45, 7) is 2.66. The Labute approximate surface area is 157 Å². The summed E-state index contributed by atoms with van der Waals surface area (Å²) in [5.74, 6) is 0.477. The third kappa shape index (κ3) is 3.49. The van der Waals surface area contributed by atoms with E-state index in [2.05, 4.69) is 21.4 Å². The molecule has 136 valence electrons. The van der Waals surface area contributed by atoms with Gasteiger partial charge in [-0.1, -0.05) is 43.3 Å². The number of nitrogens with one attached hydrogen (secondary N) is 2. The number of carbonyl (C=O) groups excluding carboxylic acids is 1. The highest BCUT2D eigenvalue weighted by molar-refractivity contribution is 6.45. The minimum absolute atomic E-state index is 0.200. The minimum Gasteiger partial charge on any atom is -0.491 e. The average molecular weight is 359 g/mol. The Bertz CT molecular complexity index is 1050. The number of aromatic nitrogens is 1. The highest BCUT2D eigenvalue weighted by Crippen LogP contribution is 2.30. The Hall–Kier alpha value is -3.34. The lowest BCUT2D eigenvalue weighted by atomic mass is 10.1. The zero-order valence-corrected chi connectivity index (χ0v) is 15.2. The molecule has 2 aromatic carbocycles. The van der Waals surface area contributed by atoms with Gasteiger partial charge in [0.1, 0.15) is 11.5 Å². The van der Waals surface area contributed by atoms with Crippen molar-refractivity contribution in [1.82, 2.24) is 4.98 Å². The van der Waals surface area contributed by atoms with E-state index in [1.165, 1.54) is 0 Å². The van der Waals surface area contributed by atoms with Gasteiger partial charge in [-0.05, 0) is 24.6 Å². The molecule has 2 heterocycles. The number of allylic oxidation sites excluding steroid dienone is 1. The molecule has 1 aliphatic heterocycles. The summed E-state index contributed by atoms with van der Waals surface area (Å²) in [6, 6.07) is 15.5. The number of rotatable bonds is 6. The number of nitrogens with zero attached hydrogens (tertiary/aromatic N) is 1. The molecule has 27 heavy (non-hydrogen) atoms. The summed E-state index contributed by atoms with van der Waals surface area (Å²) in [7, 11) is 0. The van der Waals surface area contributed by atoms with Gasteiger partial charge in [0.15, 0.2) is 0 Å². The van der Waals surface area contributed by atoms with Crippen molar-refractivity contribution in [2.24, 2.45) is 4.99 Å². The van der Waals surface area contributed by atoms with Crippen LogP contribution in [0.4, 0.5) is 5.69 Å². The molecule has 0 unspecified atom stereocenters. The van der Waals surface area contributed by atoms with E-state index in [4.69, 9.17) is 4.74 Å². The molecule has 5 heteroatoms. The first kappa shape index (κ1) is 17.1. The van der Waals surface area contributed by atoms with E-state index in [1.54, 1.807) is 0 Å². The van der Waals surface area contributed by atoms with E-state index in [0.717, 1.165) is 28.6 Å². The number of benzene rings is 2. The van der Waals surface area contributed by atoms with Gasteiger partial charge in [-0.2, -0.15) is 0 Å². The molecule has 1 amide bonds. The lowest BCUT2D eigenvalue weighted by Crippen LogP contribution is -2.21. The number of hydrogen-bond acceptors (Lipinski definition) is 3. The topological polar surface area (TPSA) is 66.5 Å². The van der Waals surface area contributed by atoms with E-state index >= 15 is 0 Å². The van der Waals surface area contributed by atoms with Crippen LogP contribution in [0.3, 0.4) is 0 Å². The van der Waals surface area contributed by atoms with Crippen LogP contribution in [-0.4, -0.2) is 23.2 Å². The molecule has 1 aliphatic rings. The molecule has 0 bridgehead atoms. The molecule has 5 nitrogen and oxygen atoms in total. The van der Waals surface area contributed by atoms with E-state index in [9.17, 15) is 4.79 Å². The molecule has 3 aromatic rings. The average Bonchev–Trinajstić information content (AvgIpc) is 3.34. The van der Waals surface area contributed by atoms with Crippen LogP contribution in [0.5, 0.6) is 5.75 Å². The van der Waals surface area contributed by atoms with Gasteiger partial charge in [-0.15, -0.1) is 0 Å². The number of carbonyl (C=O) groups is 1. The molecule has 0 spiro atoms. The maximum absolute atomic E-state index is 12.7. The van der Waals surface area contributed by atoms with Gasteiger partial charge in [-0.3, -0.25) is 4.79 Å². The van der Waals surface area contributed by atoms with Crippen molar-refractivity contribution in [1.29, 1.82) is 0 Å². The van der Waals surface area contributed by atoms with Crippen molar-refractivity contribution < 1.29 is 9.53 Å². The van der Waals surface area contributed by atoms with Crippen LogP contribution in [0, 0.1) is 0 Å². The van der Waals surface area contributed by atoms with Gasteiger partial charge < -0.3 is 15.0 Å². The molecule has 2 N–H and O–H groups in total. The summed E-state index contributed by atoms with van der Waals surface area (Å²) in [6.07, 6.45) is 5.35. The molecular formula is C22H21N3O2. The fourth-order valence-corrected chi connectivity index (χ4v) is 3.13. The van der Waals surface area contributed by atoms with E-state index < -0.39 is 0 Å². The maximum atomic E-state index is 12.7. The third-order valence-corrected chi connectivity index (χ3v) is 4.47. The van der Waals surface area contributed by atoms with Gasteiger partial charge in [0.05, 0.1) is 18.0 Å². The number of aliphatic imine (C=N–C) groups is 1. The molecule has 0 saturated carbocycles. The van der Waals surface area contributed by atoms with Gasteiger partial charge >= 0.3 is 0 Å². The first-order chi connectivity index (χ1) is 13.3. The normalized spacial score (nSPS) is 13.4. The third-order valence-electron chi connectivity index (χ3n) is 4.47. The Morgan fingerprint density at radius 1 is 1.19 bits per heavy atom. The SMILES string of the molecule is CCCOc1ccccc1NC(=O)C1=NC(c2c[nH]c3ccccc23)=CC1. The quantitative estimate of drug-likeness (QED) is 0.665. The fraction of sp³-hybridized carbons (Fsp3) is 0.182. The summed E-state index contributed by atoms with van der Waals surface area (Å²) >= 11 is 0. The summed E-state index contributed by atoms with van der Waals surface area (Å²) in [5.41, 5.74) is 4.07. The van der Waals surface area contributed by atoms with Crippen molar-refractivity contribution in [2.45, 2.75) is 19.8 Å². The standard InChI is InChI=1S/C22H21N3O2/c1-2-13-27-21-10-6-5-9-19(21)25-22(26)20-12-11-18(24-20)16-14-23-17-8-4-3-7-15(16)17/h3-11,14,23H,2,12-13H2,1H3,(H,25,26). The second kappa shape index (κ2) is 7.50. The molecule has 0 aliphatic carbocycles. The number of hydrogen-bond donors (Lipinski definition) is 2. The highest BCUT2D eigenvalue weighted by atomic mass is 16.5. The maximum Gasteiger partial charge on any atom is 0.270 e. The van der Waals surface area contributed by atoms with Crippen molar-refractivity contribution in [2.75, 3.05) is 11.9 Å². The number of aromatic amines is 1. The van der Waals surface area contributed by atoms with Crippen molar-refractivity contribution >= 4 is 33.9 Å². The molecular weight excluding hydrogens is 338 g/mol. The second-order valence-corrected chi connectivity index (χ2v) is 6.40. The lowest BCUT2D eigenvalue weighted by molar-refractivity contribution is -0.110.